The number of aliphatic hydroxyl groups excluding tert-OH is 1. The molecule has 4 heterocycles. The number of anilines is 1. The number of halogens is 3. The highest BCUT2D eigenvalue weighted by Crippen LogP contribution is 2.35. The van der Waals surface area contributed by atoms with E-state index >= 15 is 0 Å². The van der Waals surface area contributed by atoms with Crippen LogP contribution in [0.25, 0.3) is 22.3 Å². The number of likely N-dealkylation sites (tertiary alicyclic amines) is 1. The third kappa shape index (κ3) is 5.09. The molecule has 190 valence electrons. The molecule has 5 N–H and O–H groups in total. The van der Waals surface area contributed by atoms with E-state index in [2.05, 4.69) is 25.3 Å². The van der Waals surface area contributed by atoms with Gasteiger partial charge in [-0.3, -0.25) is 4.79 Å². The molecule has 0 saturated carbocycles. The molecular weight excluding hydrogens is 477 g/mol. The molecule has 13 heteroatoms. The van der Waals surface area contributed by atoms with Gasteiger partial charge in [0.25, 0.3) is 0 Å². The number of nitrogens with zero attached hydrogens (tertiary/aromatic N) is 5. The molecule has 2 atom stereocenters. The first-order valence-corrected chi connectivity index (χ1v) is 11.4. The van der Waals surface area contributed by atoms with Crippen molar-refractivity contribution in [3.63, 3.8) is 0 Å². The van der Waals surface area contributed by atoms with Crippen molar-refractivity contribution in [3.05, 3.63) is 35.8 Å². The molecule has 1 saturated heterocycles. The number of amides is 1. The van der Waals surface area contributed by atoms with Crippen molar-refractivity contribution in [1.82, 2.24) is 24.8 Å². The second kappa shape index (κ2) is 10.1. The van der Waals surface area contributed by atoms with E-state index in [0.29, 0.717) is 31.5 Å². The van der Waals surface area contributed by atoms with E-state index < -0.39 is 24.4 Å². The fourth-order valence-corrected chi connectivity index (χ4v) is 4.35. The summed E-state index contributed by atoms with van der Waals surface area (Å²) in [5.74, 6) is 0.138. The molecule has 3 aromatic rings. The minimum Gasteiger partial charge on any atom is -0.394 e. The van der Waals surface area contributed by atoms with Gasteiger partial charge in [0, 0.05) is 42.5 Å². The van der Waals surface area contributed by atoms with Gasteiger partial charge in [-0.1, -0.05) is 0 Å². The number of hydrogen-bond donors (Lipinski definition) is 4. The zero-order valence-electron chi connectivity index (χ0n) is 19.4. The third-order valence-electron chi connectivity index (χ3n) is 6.45. The van der Waals surface area contributed by atoms with Crippen LogP contribution in [0.5, 0.6) is 0 Å². The van der Waals surface area contributed by atoms with Crippen molar-refractivity contribution < 1.29 is 23.1 Å². The van der Waals surface area contributed by atoms with Gasteiger partial charge in [-0.25, -0.2) is 15.0 Å². The first-order chi connectivity index (χ1) is 17.1. The lowest BCUT2D eigenvalue weighted by Crippen LogP contribution is -2.49. The molecule has 1 aliphatic rings. The lowest BCUT2D eigenvalue weighted by Gasteiger charge is -2.36. The van der Waals surface area contributed by atoms with Crippen molar-refractivity contribution in [1.29, 1.82) is 5.26 Å². The van der Waals surface area contributed by atoms with E-state index in [9.17, 15) is 23.2 Å². The molecule has 0 aromatic carbocycles. The van der Waals surface area contributed by atoms with Crippen LogP contribution in [0.1, 0.15) is 30.9 Å². The van der Waals surface area contributed by atoms with Gasteiger partial charge in [0.1, 0.15) is 17.8 Å². The van der Waals surface area contributed by atoms with Gasteiger partial charge in [-0.05, 0) is 31.7 Å². The third-order valence-corrected chi connectivity index (χ3v) is 6.45. The first-order valence-electron chi connectivity index (χ1n) is 11.4. The summed E-state index contributed by atoms with van der Waals surface area (Å²) in [6, 6.07) is 1.96. The summed E-state index contributed by atoms with van der Waals surface area (Å²) in [4.78, 5) is 29.2. The van der Waals surface area contributed by atoms with Crippen molar-refractivity contribution in [2.24, 2.45) is 11.7 Å². The molecule has 4 rings (SSSR count). The Balaban J connectivity index is 1.54. The van der Waals surface area contributed by atoms with Gasteiger partial charge in [-0.2, -0.15) is 18.4 Å². The molecule has 0 radical (unpaired) electrons. The highest BCUT2D eigenvalue weighted by molar-refractivity contribution is 5.94. The number of aliphatic hydroxyl groups is 1. The highest BCUT2D eigenvalue weighted by atomic mass is 19.4. The van der Waals surface area contributed by atoms with Crippen LogP contribution in [-0.4, -0.2) is 67.6 Å². The van der Waals surface area contributed by atoms with Crippen LogP contribution in [0.3, 0.4) is 0 Å². The Bertz CT molecular complexity index is 1290. The predicted molar refractivity (Wildman–Crippen MR) is 124 cm³/mol. The summed E-state index contributed by atoms with van der Waals surface area (Å²) in [6.07, 6.45) is 0.391. The van der Waals surface area contributed by atoms with Crippen LogP contribution in [0, 0.1) is 17.2 Å². The molecule has 0 bridgehead atoms. The van der Waals surface area contributed by atoms with E-state index in [1.807, 2.05) is 13.0 Å². The molecule has 0 spiro atoms. The smallest absolute Gasteiger partial charge is 0.394 e. The van der Waals surface area contributed by atoms with Crippen LogP contribution in [0.2, 0.25) is 0 Å². The number of rotatable bonds is 6. The summed E-state index contributed by atoms with van der Waals surface area (Å²) in [5, 5.41) is 22.1. The lowest BCUT2D eigenvalue weighted by molar-refractivity contribution is -0.137. The molecule has 3 aromatic heterocycles. The molecule has 0 unspecified atom stereocenters. The number of aromatic nitrogens is 4. The zero-order chi connectivity index (χ0) is 26.0. The SMILES string of the molecule is C[C@@H](Nc1ncc(C#N)c(-c2c[nH]c3ncc(C(F)(F)F)cc23)n1)C1CCN(C(=O)[C@@H](N)CO)CC1. The quantitative estimate of drug-likeness (QED) is 0.400. The predicted octanol–water partition coefficient (Wildman–Crippen LogP) is 2.27. The maximum absolute atomic E-state index is 13.2. The second-order valence-electron chi connectivity index (χ2n) is 8.77. The number of aromatic amines is 1. The average molecular weight is 503 g/mol. The summed E-state index contributed by atoms with van der Waals surface area (Å²) in [7, 11) is 0. The number of piperidine rings is 1. The van der Waals surface area contributed by atoms with E-state index in [1.165, 1.54) is 12.4 Å². The topological polar surface area (TPSA) is 157 Å². The maximum atomic E-state index is 13.2. The van der Waals surface area contributed by atoms with Gasteiger partial charge in [-0.15, -0.1) is 0 Å². The lowest BCUT2D eigenvalue weighted by atomic mass is 9.90. The summed E-state index contributed by atoms with van der Waals surface area (Å²) in [5.41, 5.74) is 5.58. The average Bonchev–Trinajstić information content (AvgIpc) is 3.30. The number of nitrogens with two attached hydrogens (primary N) is 1. The Hall–Kier alpha value is -3.76. The Labute approximate surface area is 204 Å². The van der Waals surface area contributed by atoms with Crippen molar-refractivity contribution in [2.45, 2.75) is 38.0 Å². The molecule has 0 aliphatic carbocycles. The fourth-order valence-electron chi connectivity index (χ4n) is 4.35. The van der Waals surface area contributed by atoms with Crippen LogP contribution in [0.4, 0.5) is 19.1 Å². The number of H-pyrrole nitrogens is 1. The molecule has 36 heavy (non-hydrogen) atoms. The van der Waals surface area contributed by atoms with E-state index in [1.54, 1.807) is 4.90 Å². The fraction of sp³-hybridized carbons (Fsp3) is 0.435. The molecular formula is C23H25F3N8O2. The minimum atomic E-state index is -4.56. The molecule has 1 aliphatic heterocycles. The largest absolute Gasteiger partial charge is 0.417 e. The molecule has 10 nitrogen and oxygen atoms in total. The van der Waals surface area contributed by atoms with Crippen molar-refractivity contribution in [2.75, 3.05) is 25.0 Å². The normalized spacial score (nSPS) is 16.5. The number of nitrogens with one attached hydrogen (secondary N) is 2. The van der Waals surface area contributed by atoms with Gasteiger partial charge in [0.2, 0.25) is 11.9 Å². The standard InChI is InChI=1S/C23H25F3N8O2/c1-12(13-2-4-34(5-3-13)21(36)18(28)11-35)32-22-31-8-14(7-27)19(33-22)17-10-30-20-16(17)6-15(9-29-20)23(24,25)26/h6,8-10,12-13,18,35H,2-5,11,28H2,1H3,(H,29,30)(H,31,32,33)/t12-,18+/m1/s1. The minimum absolute atomic E-state index is 0.0870. The van der Waals surface area contributed by atoms with Gasteiger partial charge < -0.3 is 26.0 Å². The van der Waals surface area contributed by atoms with Gasteiger partial charge in [0.05, 0.1) is 29.6 Å². The van der Waals surface area contributed by atoms with Crippen LogP contribution in [-0.2, 0) is 11.0 Å². The van der Waals surface area contributed by atoms with Crippen molar-refractivity contribution >= 4 is 22.9 Å². The second-order valence-corrected chi connectivity index (χ2v) is 8.77. The van der Waals surface area contributed by atoms with E-state index in [-0.39, 0.29) is 46.1 Å². The first kappa shape index (κ1) is 25.3. The van der Waals surface area contributed by atoms with Crippen LogP contribution < -0.4 is 11.1 Å². The summed E-state index contributed by atoms with van der Waals surface area (Å²) in [6.45, 7) is 2.56. The summed E-state index contributed by atoms with van der Waals surface area (Å²) < 4.78 is 39.7. The number of nitriles is 1. The number of alkyl halides is 3. The Morgan fingerprint density at radius 1 is 1.36 bits per heavy atom. The molecule has 1 amide bonds. The monoisotopic (exact) mass is 502 g/mol. The number of fused-ring (bicyclic) bond motifs is 1. The van der Waals surface area contributed by atoms with Gasteiger partial charge in [0.15, 0.2) is 0 Å². The Kier molecular flexibility index (Phi) is 7.09. The Morgan fingerprint density at radius 2 is 2.08 bits per heavy atom. The number of hydrogen-bond acceptors (Lipinski definition) is 8. The Morgan fingerprint density at radius 3 is 2.72 bits per heavy atom. The van der Waals surface area contributed by atoms with E-state index in [4.69, 9.17) is 10.8 Å². The summed E-state index contributed by atoms with van der Waals surface area (Å²) >= 11 is 0. The number of carbonyl (C=O) groups is 1. The van der Waals surface area contributed by atoms with Crippen molar-refractivity contribution in [3.8, 4) is 17.3 Å². The zero-order valence-corrected chi connectivity index (χ0v) is 19.4. The molecule has 1 fully saturated rings. The highest BCUT2D eigenvalue weighted by Gasteiger charge is 2.32. The number of pyridine rings is 1. The maximum Gasteiger partial charge on any atom is 0.417 e. The van der Waals surface area contributed by atoms with Crippen LogP contribution >= 0.6 is 0 Å². The van der Waals surface area contributed by atoms with Gasteiger partial charge >= 0.3 is 6.18 Å². The van der Waals surface area contributed by atoms with E-state index in [0.717, 1.165) is 12.3 Å². The van der Waals surface area contributed by atoms with Crippen LogP contribution in [0.15, 0.2) is 24.7 Å². The number of carbonyl (C=O) groups excluding carboxylic acids is 1.